The summed E-state index contributed by atoms with van der Waals surface area (Å²) in [6, 6.07) is 4.83. The van der Waals surface area contributed by atoms with Crippen LogP contribution >= 0.6 is 0 Å². The van der Waals surface area contributed by atoms with Crippen LogP contribution < -0.4 is 4.72 Å². The summed E-state index contributed by atoms with van der Waals surface area (Å²) >= 11 is 0. The molecule has 1 N–H and O–H groups in total. The number of hydrogen-bond donors (Lipinski definition) is 1. The van der Waals surface area contributed by atoms with Gasteiger partial charge in [0.2, 0.25) is 16.0 Å². The average molecular weight is 652 g/mol. The number of likely N-dealkylation sites (tertiary alicyclic amines) is 1. The summed E-state index contributed by atoms with van der Waals surface area (Å²) < 4.78 is 84.8. The minimum atomic E-state index is -3.21. The summed E-state index contributed by atoms with van der Waals surface area (Å²) in [6.07, 6.45) is 2.60. The van der Waals surface area contributed by atoms with Crippen molar-refractivity contribution < 1.29 is 30.8 Å². The monoisotopic (exact) mass is 651 g/mol. The molecule has 13 heteroatoms. The first-order valence-electron chi connectivity index (χ1n) is 15.6. The molecule has 8 nitrogen and oxygen atoms in total. The van der Waals surface area contributed by atoms with Gasteiger partial charge >= 0.3 is 0 Å². The Kier molecular flexibility index (Phi) is 9.90. The maximum absolute atomic E-state index is 15.3. The number of aryl methyl sites for hydroxylation is 1. The zero-order valence-electron chi connectivity index (χ0n) is 26.1. The number of imidazole rings is 1. The summed E-state index contributed by atoms with van der Waals surface area (Å²) in [6.45, 7) is 8.17. The van der Waals surface area contributed by atoms with Gasteiger partial charge in [0.15, 0.2) is 0 Å². The smallest absolute Gasteiger partial charge is 0.255 e. The minimum absolute atomic E-state index is 0.00877. The van der Waals surface area contributed by atoms with E-state index in [2.05, 4.69) is 14.6 Å². The number of sulfonamides is 1. The van der Waals surface area contributed by atoms with Crippen LogP contribution in [0.5, 0.6) is 0 Å². The van der Waals surface area contributed by atoms with Crippen LogP contribution in [0.2, 0.25) is 0 Å². The molecule has 2 fully saturated rings. The van der Waals surface area contributed by atoms with Crippen LogP contribution in [0.4, 0.5) is 17.6 Å². The number of alkyl halides is 2. The molecule has 0 bridgehead atoms. The largest absolute Gasteiger partial charge is 0.330 e. The Hall–Kier alpha value is -3.03. The third kappa shape index (κ3) is 7.36. The molecule has 3 aromatic rings. The standard InChI is InChI=1S/C32H41F4N5O3S/c1-5-45(43,44)38-25-9-6-21(7-10-25)14-39-15-23(16-39)22-12-27(30-31(36)37-20(4)41(30)17-22)26-11-8-24(33)13-28(26)32(42)40(19(2)3)18-29(34)35/h8,11-13,17,19,21,23,25,29,38H,5-7,9-10,14-16,18H2,1-4H3. The second-order valence-electron chi connectivity index (χ2n) is 12.6. The quantitative estimate of drug-likeness (QED) is 0.273. The molecule has 2 aliphatic rings. The lowest BCUT2D eigenvalue weighted by molar-refractivity contribution is 0.0476. The zero-order valence-corrected chi connectivity index (χ0v) is 26.9. The van der Waals surface area contributed by atoms with Crippen LogP contribution in [-0.2, 0) is 10.0 Å². The zero-order chi connectivity index (χ0) is 32.6. The van der Waals surface area contributed by atoms with Gasteiger partial charge in [0.1, 0.15) is 17.2 Å². The molecular formula is C32H41F4N5O3S. The van der Waals surface area contributed by atoms with E-state index < -0.39 is 46.7 Å². The highest BCUT2D eigenvalue weighted by molar-refractivity contribution is 7.89. The minimum Gasteiger partial charge on any atom is -0.330 e. The van der Waals surface area contributed by atoms with E-state index in [0.29, 0.717) is 17.3 Å². The highest BCUT2D eigenvalue weighted by Crippen LogP contribution is 2.37. The van der Waals surface area contributed by atoms with Gasteiger partial charge in [0, 0.05) is 49.4 Å². The van der Waals surface area contributed by atoms with E-state index in [0.717, 1.165) is 61.8 Å². The fraction of sp³-hybridized carbons (Fsp3) is 0.562. The highest BCUT2D eigenvalue weighted by atomic mass is 32.2. The Morgan fingerprint density at radius 3 is 2.40 bits per heavy atom. The summed E-state index contributed by atoms with van der Waals surface area (Å²) in [7, 11) is -3.21. The molecule has 0 radical (unpaired) electrons. The number of rotatable bonds is 11. The molecule has 1 saturated heterocycles. The number of halogens is 4. The third-order valence-corrected chi connectivity index (χ3v) is 10.6. The highest BCUT2D eigenvalue weighted by Gasteiger charge is 2.34. The number of benzene rings is 1. The first kappa shape index (κ1) is 33.3. The van der Waals surface area contributed by atoms with E-state index in [9.17, 15) is 26.4 Å². The molecule has 1 aliphatic heterocycles. The number of carbonyl (C=O) groups excluding carboxylic acids is 1. The van der Waals surface area contributed by atoms with Gasteiger partial charge in [0.25, 0.3) is 12.3 Å². The van der Waals surface area contributed by atoms with Crippen LogP contribution in [0.25, 0.3) is 16.6 Å². The Morgan fingerprint density at radius 2 is 1.78 bits per heavy atom. The van der Waals surface area contributed by atoms with Crippen molar-refractivity contribution in [1.29, 1.82) is 0 Å². The SMILES string of the molecule is CCS(=O)(=O)NC1CCC(CN2CC(c3cc(-c4ccc(F)cc4C(=O)N(CC(F)F)C(C)C)c4c(F)nc(C)n4c3)C2)CC1. The van der Waals surface area contributed by atoms with Crippen LogP contribution in [0.1, 0.15) is 74.1 Å². The Bertz CT molecular complexity index is 1650. The van der Waals surface area contributed by atoms with Crippen molar-refractivity contribution in [2.24, 2.45) is 5.92 Å². The van der Waals surface area contributed by atoms with Crippen LogP contribution in [0.15, 0.2) is 30.5 Å². The topological polar surface area (TPSA) is 87.0 Å². The molecule has 1 saturated carbocycles. The number of fused-ring (bicyclic) bond motifs is 1. The number of pyridine rings is 1. The number of hydrogen-bond acceptors (Lipinski definition) is 5. The summed E-state index contributed by atoms with van der Waals surface area (Å²) in [5, 5.41) is 0. The van der Waals surface area contributed by atoms with Crippen molar-refractivity contribution in [3.63, 3.8) is 0 Å². The molecule has 0 spiro atoms. The molecule has 5 rings (SSSR count). The van der Waals surface area contributed by atoms with Crippen molar-refractivity contribution in [3.8, 4) is 11.1 Å². The van der Waals surface area contributed by atoms with Gasteiger partial charge in [-0.15, -0.1) is 0 Å². The molecule has 1 aromatic carbocycles. The van der Waals surface area contributed by atoms with Crippen molar-refractivity contribution in [2.75, 3.05) is 31.9 Å². The Morgan fingerprint density at radius 1 is 1.09 bits per heavy atom. The molecule has 2 aromatic heterocycles. The fourth-order valence-corrected chi connectivity index (χ4v) is 7.52. The molecule has 1 aliphatic carbocycles. The number of nitrogens with one attached hydrogen (secondary N) is 1. The van der Waals surface area contributed by atoms with Gasteiger partial charge in [-0.05, 0) is 88.6 Å². The van der Waals surface area contributed by atoms with Crippen molar-refractivity contribution in [3.05, 3.63) is 59.2 Å². The van der Waals surface area contributed by atoms with Gasteiger partial charge in [-0.3, -0.25) is 4.79 Å². The summed E-state index contributed by atoms with van der Waals surface area (Å²) in [4.78, 5) is 21.0. The molecule has 1 amide bonds. The Balaban J connectivity index is 1.38. The predicted molar refractivity (Wildman–Crippen MR) is 165 cm³/mol. The number of nitrogens with zero attached hydrogens (tertiary/aromatic N) is 4. The van der Waals surface area contributed by atoms with E-state index >= 15 is 4.39 Å². The van der Waals surface area contributed by atoms with Crippen LogP contribution in [0, 0.1) is 24.6 Å². The first-order valence-corrected chi connectivity index (χ1v) is 17.2. The molecular weight excluding hydrogens is 610 g/mol. The summed E-state index contributed by atoms with van der Waals surface area (Å²) in [5.41, 5.74) is 1.52. The molecule has 0 atom stereocenters. The number of carbonyl (C=O) groups is 1. The van der Waals surface area contributed by atoms with Gasteiger partial charge in [0.05, 0.1) is 17.9 Å². The average Bonchev–Trinajstić information content (AvgIpc) is 3.25. The van der Waals surface area contributed by atoms with Crippen molar-refractivity contribution in [1.82, 2.24) is 23.9 Å². The van der Waals surface area contributed by atoms with Gasteiger partial charge in [-0.2, -0.15) is 4.39 Å². The lowest BCUT2D eigenvalue weighted by Gasteiger charge is -2.42. The number of amides is 1. The normalized spacial score (nSPS) is 19.9. The lowest BCUT2D eigenvalue weighted by atomic mass is 9.84. The third-order valence-electron chi connectivity index (χ3n) is 9.13. The van der Waals surface area contributed by atoms with E-state index in [1.165, 1.54) is 12.1 Å². The predicted octanol–water partition coefficient (Wildman–Crippen LogP) is 5.60. The van der Waals surface area contributed by atoms with E-state index in [4.69, 9.17) is 0 Å². The van der Waals surface area contributed by atoms with Crippen molar-refractivity contribution >= 4 is 21.4 Å². The summed E-state index contributed by atoms with van der Waals surface area (Å²) in [5.74, 6) is -1.11. The molecule has 45 heavy (non-hydrogen) atoms. The maximum Gasteiger partial charge on any atom is 0.255 e. The first-order chi connectivity index (χ1) is 21.3. The van der Waals surface area contributed by atoms with Crippen LogP contribution in [0.3, 0.4) is 0 Å². The molecule has 246 valence electrons. The lowest BCUT2D eigenvalue weighted by Crippen LogP contribution is -2.48. The molecule has 3 heterocycles. The van der Waals surface area contributed by atoms with Gasteiger partial charge in [-0.25, -0.2) is 31.3 Å². The second-order valence-corrected chi connectivity index (χ2v) is 14.7. The Labute approximate surface area is 261 Å². The molecule has 0 unspecified atom stereocenters. The van der Waals surface area contributed by atoms with E-state index in [1.54, 1.807) is 32.1 Å². The maximum atomic E-state index is 15.3. The van der Waals surface area contributed by atoms with Gasteiger partial charge < -0.3 is 14.2 Å². The van der Waals surface area contributed by atoms with Crippen molar-refractivity contribution in [2.45, 2.75) is 77.8 Å². The second kappa shape index (κ2) is 13.4. The van der Waals surface area contributed by atoms with Gasteiger partial charge in [-0.1, -0.05) is 6.07 Å². The van der Waals surface area contributed by atoms with Crippen LogP contribution in [-0.4, -0.2) is 84.0 Å². The fourth-order valence-electron chi connectivity index (χ4n) is 6.61. The van der Waals surface area contributed by atoms with E-state index in [-0.39, 0.29) is 34.4 Å². The number of aromatic nitrogens is 2. The van der Waals surface area contributed by atoms with E-state index in [1.807, 2.05) is 12.3 Å².